The molecular weight excluding hydrogens is 188 g/mol. The maximum atomic E-state index is 11.4. The van der Waals surface area contributed by atoms with E-state index in [0.29, 0.717) is 11.5 Å². The van der Waals surface area contributed by atoms with Gasteiger partial charge in [0, 0.05) is 28.3 Å². The topological polar surface area (TPSA) is 72.2 Å². The van der Waals surface area contributed by atoms with Crippen molar-refractivity contribution in [1.29, 1.82) is 0 Å². The highest BCUT2D eigenvalue weighted by Gasteiger charge is 2.28. The Morgan fingerprint density at radius 3 is 2.62 bits per heavy atom. The second kappa shape index (κ2) is 3.75. The summed E-state index contributed by atoms with van der Waals surface area (Å²) < 4.78 is 11.0. The van der Waals surface area contributed by atoms with Crippen LogP contribution in [0.25, 0.3) is 0 Å². The average Bonchev–Trinajstić information content (AvgIpc) is 2.33. The molecule has 13 heavy (non-hydrogen) atoms. The predicted molar refractivity (Wildman–Crippen MR) is 52.7 cm³/mol. The fourth-order valence-corrected chi connectivity index (χ4v) is 2.56. The van der Waals surface area contributed by atoms with Gasteiger partial charge in [0.2, 0.25) is 5.91 Å². The summed E-state index contributed by atoms with van der Waals surface area (Å²) in [5.41, 5.74) is 4.76. The molecule has 0 aliphatic carbocycles. The quantitative estimate of drug-likeness (QED) is 0.628. The first-order chi connectivity index (χ1) is 5.89. The Morgan fingerprint density at radius 2 is 2.23 bits per heavy atom. The molecule has 2 unspecified atom stereocenters. The second-order valence-electron chi connectivity index (χ2n) is 3.99. The van der Waals surface area contributed by atoms with Crippen molar-refractivity contribution < 1.29 is 9.00 Å². The molecule has 0 aromatic heterocycles. The molecule has 5 heteroatoms. The highest BCUT2D eigenvalue weighted by molar-refractivity contribution is 7.85. The summed E-state index contributed by atoms with van der Waals surface area (Å²) in [6.07, 6.45) is 0.800. The number of hydrogen-bond donors (Lipinski definition) is 2. The van der Waals surface area contributed by atoms with Gasteiger partial charge in [0.15, 0.2) is 0 Å². The van der Waals surface area contributed by atoms with Crippen LogP contribution in [0.2, 0.25) is 0 Å². The number of carbonyl (C=O) groups excluding carboxylic acids is 1. The van der Waals surface area contributed by atoms with Crippen LogP contribution in [-0.4, -0.2) is 33.2 Å². The molecular formula is C8H16N2O2S. The van der Waals surface area contributed by atoms with Crippen molar-refractivity contribution in [3.63, 3.8) is 0 Å². The molecule has 1 aliphatic rings. The van der Waals surface area contributed by atoms with E-state index in [4.69, 9.17) is 5.73 Å². The van der Waals surface area contributed by atoms with Crippen LogP contribution < -0.4 is 11.1 Å². The highest BCUT2D eigenvalue weighted by Crippen LogP contribution is 2.08. The van der Waals surface area contributed by atoms with Gasteiger partial charge in [0.05, 0.1) is 5.54 Å². The highest BCUT2D eigenvalue weighted by atomic mass is 32.2. The van der Waals surface area contributed by atoms with Crippen molar-refractivity contribution >= 4 is 16.7 Å². The van der Waals surface area contributed by atoms with E-state index in [2.05, 4.69) is 5.32 Å². The summed E-state index contributed by atoms with van der Waals surface area (Å²) in [7, 11) is -0.752. The Kier molecular flexibility index (Phi) is 3.08. The van der Waals surface area contributed by atoms with E-state index in [-0.39, 0.29) is 11.9 Å². The number of carbonyl (C=O) groups is 1. The zero-order valence-electron chi connectivity index (χ0n) is 8.00. The van der Waals surface area contributed by atoms with E-state index in [9.17, 15) is 9.00 Å². The van der Waals surface area contributed by atoms with E-state index in [1.54, 1.807) is 13.8 Å². The third kappa shape index (κ3) is 3.08. The molecule has 3 N–H and O–H groups in total. The molecule has 1 fully saturated rings. The zero-order valence-corrected chi connectivity index (χ0v) is 8.82. The van der Waals surface area contributed by atoms with E-state index in [0.717, 1.165) is 6.42 Å². The van der Waals surface area contributed by atoms with E-state index in [1.165, 1.54) is 0 Å². The smallest absolute Gasteiger partial charge is 0.239 e. The lowest BCUT2D eigenvalue weighted by Gasteiger charge is -2.20. The summed E-state index contributed by atoms with van der Waals surface area (Å²) in [6.45, 7) is 3.32. The lowest BCUT2D eigenvalue weighted by Crippen LogP contribution is -2.52. The molecule has 1 saturated heterocycles. The molecule has 0 saturated carbocycles. The van der Waals surface area contributed by atoms with Gasteiger partial charge >= 0.3 is 0 Å². The lowest BCUT2D eigenvalue weighted by atomic mass is 10.1. The zero-order chi connectivity index (χ0) is 10.1. The Morgan fingerprint density at radius 1 is 1.62 bits per heavy atom. The fraction of sp³-hybridized carbons (Fsp3) is 0.875. The van der Waals surface area contributed by atoms with Gasteiger partial charge < -0.3 is 11.1 Å². The Hall–Kier alpha value is -0.420. The van der Waals surface area contributed by atoms with Crippen LogP contribution >= 0.6 is 0 Å². The molecule has 4 nitrogen and oxygen atoms in total. The summed E-state index contributed by atoms with van der Waals surface area (Å²) in [6, 6.07) is 0.0520. The van der Waals surface area contributed by atoms with Crippen LogP contribution in [0.4, 0.5) is 0 Å². The molecule has 0 bridgehead atoms. The van der Waals surface area contributed by atoms with Crippen molar-refractivity contribution in [2.45, 2.75) is 31.8 Å². The fourth-order valence-electron chi connectivity index (χ4n) is 1.15. The first-order valence-corrected chi connectivity index (χ1v) is 5.83. The van der Waals surface area contributed by atoms with E-state index < -0.39 is 16.3 Å². The predicted octanol–water partition coefficient (Wildman–Crippen LogP) is -0.639. The standard InChI is InChI=1S/C8H16N2O2S/c1-8(2,9)7(11)10-6-3-4-13(12)5-6/h6H,3-5,9H2,1-2H3,(H,10,11). The van der Waals surface area contributed by atoms with Crippen molar-refractivity contribution in [1.82, 2.24) is 5.32 Å². The Labute approximate surface area is 80.7 Å². The van der Waals surface area contributed by atoms with Crippen LogP contribution in [0.1, 0.15) is 20.3 Å². The van der Waals surface area contributed by atoms with Crippen LogP contribution in [-0.2, 0) is 15.6 Å². The second-order valence-corrected chi connectivity index (χ2v) is 5.61. The third-order valence-corrected chi connectivity index (χ3v) is 3.47. The maximum Gasteiger partial charge on any atom is 0.239 e. The lowest BCUT2D eigenvalue weighted by molar-refractivity contribution is -0.125. The van der Waals surface area contributed by atoms with Gasteiger partial charge in [-0.2, -0.15) is 0 Å². The van der Waals surface area contributed by atoms with Crippen molar-refractivity contribution in [3.05, 3.63) is 0 Å². The first-order valence-electron chi connectivity index (χ1n) is 4.34. The first kappa shape index (κ1) is 10.7. The van der Waals surface area contributed by atoms with Gasteiger partial charge in [-0.3, -0.25) is 9.00 Å². The monoisotopic (exact) mass is 204 g/mol. The number of hydrogen-bond acceptors (Lipinski definition) is 3. The molecule has 2 atom stereocenters. The molecule has 0 spiro atoms. The average molecular weight is 204 g/mol. The molecule has 0 radical (unpaired) electrons. The number of rotatable bonds is 2. The van der Waals surface area contributed by atoms with Gasteiger partial charge in [-0.05, 0) is 20.3 Å². The van der Waals surface area contributed by atoms with Gasteiger partial charge in [-0.15, -0.1) is 0 Å². The summed E-state index contributed by atoms with van der Waals surface area (Å²) in [5.74, 6) is 1.09. The number of nitrogens with two attached hydrogens (primary N) is 1. The minimum atomic E-state index is -0.843. The molecule has 1 amide bonds. The molecule has 1 heterocycles. The summed E-state index contributed by atoms with van der Waals surface area (Å²) in [5, 5.41) is 2.79. The Bertz CT molecular complexity index is 235. The van der Waals surface area contributed by atoms with Crippen LogP contribution in [0.15, 0.2) is 0 Å². The van der Waals surface area contributed by atoms with Crippen LogP contribution in [0.3, 0.4) is 0 Å². The van der Waals surface area contributed by atoms with Gasteiger partial charge in [-0.25, -0.2) is 0 Å². The van der Waals surface area contributed by atoms with Crippen molar-refractivity contribution in [2.24, 2.45) is 5.73 Å². The summed E-state index contributed by atoms with van der Waals surface area (Å²) >= 11 is 0. The van der Waals surface area contributed by atoms with E-state index >= 15 is 0 Å². The minimum absolute atomic E-state index is 0.0520. The molecule has 76 valence electrons. The number of nitrogens with one attached hydrogen (secondary N) is 1. The molecule has 0 aromatic carbocycles. The van der Waals surface area contributed by atoms with Crippen LogP contribution in [0, 0.1) is 0 Å². The Balaban J connectivity index is 2.42. The van der Waals surface area contributed by atoms with Gasteiger partial charge in [0.25, 0.3) is 0 Å². The molecule has 0 aromatic rings. The van der Waals surface area contributed by atoms with Crippen molar-refractivity contribution in [3.8, 4) is 0 Å². The molecule has 1 rings (SSSR count). The van der Waals surface area contributed by atoms with Crippen LogP contribution in [0.5, 0.6) is 0 Å². The number of amides is 1. The maximum absolute atomic E-state index is 11.4. The van der Waals surface area contributed by atoms with Gasteiger partial charge in [0.1, 0.15) is 0 Å². The molecule has 1 aliphatic heterocycles. The SMILES string of the molecule is CC(C)(N)C(=O)NC1CCS(=O)C1. The normalized spacial score (nSPS) is 28.8. The minimum Gasteiger partial charge on any atom is -0.351 e. The van der Waals surface area contributed by atoms with Gasteiger partial charge in [-0.1, -0.05) is 0 Å². The third-order valence-electron chi connectivity index (χ3n) is 2.00. The van der Waals surface area contributed by atoms with Crippen molar-refractivity contribution in [2.75, 3.05) is 11.5 Å². The largest absolute Gasteiger partial charge is 0.351 e. The summed E-state index contributed by atoms with van der Waals surface area (Å²) in [4.78, 5) is 11.4. The van der Waals surface area contributed by atoms with E-state index in [1.807, 2.05) is 0 Å².